The van der Waals surface area contributed by atoms with Crippen LogP contribution in [-0.4, -0.2) is 71.4 Å². The maximum Gasteiger partial charge on any atom is 0.495 e. The minimum Gasteiger partial charge on any atom is -0.444 e. The van der Waals surface area contributed by atoms with Crippen molar-refractivity contribution in [3.8, 4) is 0 Å². The summed E-state index contributed by atoms with van der Waals surface area (Å²) in [6.45, 7) is 16.3. The number of carbonyl (C=O) groups excluding carboxylic acids is 2. The number of amides is 2. The monoisotopic (exact) mass is 462 g/mol. The third-order valence-corrected chi connectivity index (χ3v) is 6.56. The van der Waals surface area contributed by atoms with Gasteiger partial charge in [-0.2, -0.15) is 0 Å². The van der Waals surface area contributed by atoms with Gasteiger partial charge >= 0.3 is 13.2 Å². The fourth-order valence-corrected chi connectivity index (χ4v) is 4.00. The van der Waals surface area contributed by atoms with Gasteiger partial charge in [0, 0.05) is 25.7 Å². The van der Waals surface area contributed by atoms with Gasteiger partial charge in [-0.15, -0.1) is 0 Å². The molecule has 1 aromatic rings. The summed E-state index contributed by atoms with van der Waals surface area (Å²) in [5, 5.41) is 0. The van der Waals surface area contributed by atoms with Crippen LogP contribution < -0.4 is 5.46 Å². The number of rotatable bonds is 3. The normalized spacial score (nSPS) is 22.5. The van der Waals surface area contributed by atoms with E-state index in [1.807, 2.05) is 55.4 Å². The summed E-state index contributed by atoms with van der Waals surface area (Å²) in [6.07, 6.45) is -0.278. The highest BCUT2D eigenvalue weighted by atomic mass is 19.1. The molecule has 2 aliphatic heterocycles. The van der Waals surface area contributed by atoms with Crippen LogP contribution in [0.3, 0.4) is 0 Å². The summed E-state index contributed by atoms with van der Waals surface area (Å²) >= 11 is 0. The number of hydrogen-bond donors (Lipinski definition) is 0. The summed E-state index contributed by atoms with van der Waals surface area (Å²) in [5.41, 5.74) is -0.515. The van der Waals surface area contributed by atoms with Crippen LogP contribution in [0.5, 0.6) is 0 Å². The second-order valence-corrected chi connectivity index (χ2v) is 11.0. The summed E-state index contributed by atoms with van der Waals surface area (Å²) in [4.78, 5) is 29.0. The van der Waals surface area contributed by atoms with Crippen molar-refractivity contribution in [3.05, 3.63) is 29.6 Å². The molecule has 2 saturated heterocycles. The average molecular weight is 462 g/mol. The van der Waals surface area contributed by atoms with E-state index in [2.05, 4.69) is 0 Å². The van der Waals surface area contributed by atoms with Crippen molar-refractivity contribution in [1.29, 1.82) is 0 Å². The molecule has 2 heterocycles. The van der Waals surface area contributed by atoms with Crippen molar-refractivity contribution < 1.29 is 28.0 Å². The number of carbonyl (C=O) groups is 2. The summed E-state index contributed by atoms with van der Waals surface area (Å²) < 4.78 is 31.8. The van der Waals surface area contributed by atoms with Crippen LogP contribution in [-0.2, 0) is 25.3 Å². The largest absolute Gasteiger partial charge is 0.495 e. The van der Waals surface area contributed by atoms with Gasteiger partial charge in [-0.1, -0.05) is 6.07 Å². The van der Waals surface area contributed by atoms with Gasteiger partial charge in [-0.3, -0.25) is 4.79 Å². The molecular formula is C24H36BFN2O5. The number of halogens is 1. The third-order valence-electron chi connectivity index (χ3n) is 6.56. The first-order chi connectivity index (χ1) is 15.1. The molecule has 0 saturated carbocycles. The highest BCUT2D eigenvalue weighted by Crippen LogP contribution is 2.36. The number of piperazine rings is 1. The fraction of sp³-hybridized carbons (Fsp3) is 0.667. The molecule has 0 aliphatic carbocycles. The van der Waals surface area contributed by atoms with Gasteiger partial charge < -0.3 is 23.8 Å². The second-order valence-electron chi connectivity index (χ2n) is 11.0. The van der Waals surface area contributed by atoms with Crippen LogP contribution in [0.2, 0.25) is 0 Å². The Hall–Kier alpha value is -2.13. The summed E-state index contributed by atoms with van der Waals surface area (Å²) in [7, 11) is -0.755. The van der Waals surface area contributed by atoms with Gasteiger partial charge in [0.1, 0.15) is 11.4 Å². The zero-order valence-electron chi connectivity index (χ0n) is 21.0. The van der Waals surface area contributed by atoms with Gasteiger partial charge in [-0.25, -0.2) is 9.18 Å². The molecule has 2 amide bonds. The van der Waals surface area contributed by atoms with E-state index in [0.29, 0.717) is 30.7 Å². The van der Waals surface area contributed by atoms with E-state index in [4.69, 9.17) is 14.0 Å². The number of ether oxygens (including phenoxy) is 1. The van der Waals surface area contributed by atoms with E-state index >= 15 is 0 Å². The lowest BCUT2D eigenvalue weighted by Crippen LogP contribution is -2.56. The van der Waals surface area contributed by atoms with E-state index in [0.717, 1.165) is 0 Å². The maximum absolute atomic E-state index is 14.1. The van der Waals surface area contributed by atoms with Crippen LogP contribution in [0.25, 0.3) is 0 Å². The SMILES string of the molecule is CC1CN(C(=O)OC(C)(C)C)CCN1C(=O)Cc1ccc(F)cc1B1OC(C)(C)C(C)(C)O1. The van der Waals surface area contributed by atoms with Crippen molar-refractivity contribution >= 4 is 24.6 Å². The Balaban J connectivity index is 1.71. The molecule has 2 fully saturated rings. The second kappa shape index (κ2) is 8.91. The quantitative estimate of drug-likeness (QED) is 0.646. The Morgan fingerprint density at radius 1 is 1.15 bits per heavy atom. The predicted octanol–water partition coefficient (Wildman–Crippen LogP) is 3.14. The average Bonchev–Trinajstić information content (AvgIpc) is 2.88. The summed E-state index contributed by atoms with van der Waals surface area (Å²) in [5.74, 6) is -0.494. The summed E-state index contributed by atoms with van der Waals surface area (Å²) in [6, 6.07) is 4.19. The van der Waals surface area contributed by atoms with E-state index < -0.39 is 29.7 Å². The molecular weight excluding hydrogens is 426 g/mol. The van der Waals surface area contributed by atoms with Gasteiger partial charge in [0.05, 0.1) is 17.6 Å². The van der Waals surface area contributed by atoms with Crippen LogP contribution in [0.15, 0.2) is 18.2 Å². The molecule has 0 radical (unpaired) electrons. The van der Waals surface area contributed by atoms with Crippen molar-refractivity contribution in [2.45, 2.75) is 84.7 Å². The van der Waals surface area contributed by atoms with Crippen LogP contribution in [0.1, 0.15) is 61.0 Å². The van der Waals surface area contributed by atoms with Crippen molar-refractivity contribution in [2.75, 3.05) is 19.6 Å². The fourth-order valence-electron chi connectivity index (χ4n) is 4.00. The lowest BCUT2D eigenvalue weighted by atomic mass is 9.75. The molecule has 2 aliphatic rings. The number of hydrogen-bond acceptors (Lipinski definition) is 5. The van der Waals surface area contributed by atoms with E-state index in [9.17, 15) is 14.0 Å². The molecule has 9 heteroatoms. The number of benzene rings is 1. The van der Waals surface area contributed by atoms with E-state index in [-0.39, 0.29) is 24.5 Å². The van der Waals surface area contributed by atoms with Gasteiger partial charge in [-0.05, 0) is 78.5 Å². The van der Waals surface area contributed by atoms with Crippen LogP contribution >= 0.6 is 0 Å². The Kier molecular flexibility index (Phi) is 6.88. The Morgan fingerprint density at radius 3 is 2.30 bits per heavy atom. The predicted molar refractivity (Wildman–Crippen MR) is 125 cm³/mol. The third kappa shape index (κ3) is 5.69. The highest BCUT2D eigenvalue weighted by molar-refractivity contribution is 6.62. The van der Waals surface area contributed by atoms with E-state index in [1.165, 1.54) is 12.1 Å². The van der Waals surface area contributed by atoms with Crippen LogP contribution in [0, 0.1) is 5.82 Å². The van der Waals surface area contributed by atoms with Gasteiger partial charge in [0.25, 0.3) is 0 Å². The smallest absolute Gasteiger partial charge is 0.444 e. The minimum atomic E-state index is -0.755. The molecule has 0 spiro atoms. The molecule has 0 aromatic heterocycles. The van der Waals surface area contributed by atoms with Crippen molar-refractivity contribution in [1.82, 2.24) is 9.80 Å². The first-order valence-electron chi connectivity index (χ1n) is 11.5. The molecule has 33 heavy (non-hydrogen) atoms. The molecule has 0 N–H and O–H groups in total. The highest BCUT2D eigenvalue weighted by Gasteiger charge is 2.52. The van der Waals surface area contributed by atoms with Gasteiger partial charge in [0.15, 0.2) is 0 Å². The maximum atomic E-state index is 14.1. The van der Waals surface area contributed by atoms with Crippen molar-refractivity contribution in [3.63, 3.8) is 0 Å². The number of nitrogens with zero attached hydrogens (tertiary/aromatic N) is 2. The Bertz CT molecular complexity index is 899. The molecule has 182 valence electrons. The molecule has 0 bridgehead atoms. The molecule has 1 unspecified atom stereocenters. The van der Waals surface area contributed by atoms with Crippen LogP contribution in [0.4, 0.5) is 9.18 Å². The molecule has 1 atom stereocenters. The van der Waals surface area contributed by atoms with Crippen molar-refractivity contribution in [2.24, 2.45) is 0 Å². The lowest BCUT2D eigenvalue weighted by molar-refractivity contribution is -0.134. The van der Waals surface area contributed by atoms with E-state index in [1.54, 1.807) is 15.9 Å². The topological polar surface area (TPSA) is 68.3 Å². The molecule has 1 aromatic carbocycles. The lowest BCUT2D eigenvalue weighted by Gasteiger charge is -2.40. The zero-order chi connectivity index (χ0) is 24.8. The Labute approximate surface area is 196 Å². The Morgan fingerprint density at radius 2 is 1.76 bits per heavy atom. The van der Waals surface area contributed by atoms with Gasteiger partial charge in [0.2, 0.25) is 5.91 Å². The standard InChI is InChI=1S/C24H36BFN2O5/c1-16-15-27(21(30)31-22(2,3)4)11-12-28(16)20(29)13-17-9-10-18(26)14-19(17)25-32-23(5,6)24(7,8)33-25/h9-10,14,16H,11-13,15H2,1-8H3. The molecule has 3 rings (SSSR count). The first kappa shape index (κ1) is 25.5. The first-order valence-corrected chi connectivity index (χ1v) is 11.5. The zero-order valence-corrected chi connectivity index (χ0v) is 21.0. The molecule has 7 nitrogen and oxygen atoms in total. The minimum absolute atomic E-state index is 0.0873.